The van der Waals surface area contributed by atoms with E-state index in [2.05, 4.69) is 147 Å². The van der Waals surface area contributed by atoms with Crippen molar-refractivity contribution in [3.05, 3.63) is 139 Å². The first kappa shape index (κ1) is 26.3. The van der Waals surface area contributed by atoms with Crippen LogP contribution in [-0.2, 0) is 5.41 Å². The van der Waals surface area contributed by atoms with Crippen LogP contribution in [0.2, 0.25) is 0 Å². The van der Waals surface area contributed by atoms with Crippen LogP contribution >= 0.6 is 0 Å². The predicted octanol–water partition coefficient (Wildman–Crippen LogP) is 9.77. The van der Waals surface area contributed by atoms with E-state index in [1.807, 2.05) is 0 Å². The predicted molar refractivity (Wildman–Crippen MR) is 179 cm³/mol. The average Bonchev–Trinajstić information content (AvgIpc) is 3.69. The number of hydrogen-bond acceptors (Lipinski definition) is 2. The molecular formula is C40H38N2. The maximum atomic E-state index is 7.11. The smallest absolute Gasteiger partial charge is 0.0433 e. The van der Waals surface area contributed by atoms with Crippen LogP contribution in [0.1, 0.15) is 32.3 Å². The van der Waals surface area contributed by atoms with Gasteiger partial charge < -0.3 is 11.1 Å². The lowest BCUT2D eigenvalue weighted by molar-refractivity contribution is 0.582. The molecule has 2 nitrogen and oxygen atoms in total. The molecule has 42 heavy (non-hydrogen) atoms. The van der Waals surface area contributed by atoms with Gasteiger partial charge in [0.25, 0.3) is 0 Å². The molecule has 7 rings (SSSR count). The van der Waals surface area contributed by atoms with Crippen molar-refractivity contribution in [3.8, 4) is 33.4 Å². The highest BCUT2D eigenvalue weighted by Gasteiger charge is 2.53. The van der Waals surface area contributed by atoms with E-state index in [4.69, 9.17) is 5.73 Å². The summed E-state index contributed by atoms with van der Waals surface area (Å²) in [6.07, 6.45) is 9.12. The lowest BCUT2D eigenvalue weighted by atomic mass is 9.86. The Morgan fingerprint density at radius 1 is 0.738 bits per heavy atom. The highest BCUT2D eigenvalue weighted by atomic mass is 14.9. The number of allylic oxidation sites excluding steroid dienone is 3. The van der Waals surface area contributed by atoms with Crippen LogP contribution in [0.5, 0.6) is 0 Å². The fraction of sp³-hybridized carbons (Fsp3) is 0.200. The minimum atomic E-state index is 0.0543. The van der Waals surface area contributed by atoms with Crippen molar-refractivity contribution >= 4 is 16.5 Å². The highest BCUT2D eigenvalue weighted by Crippen LogP contribution is 2.56. The van der Waals surface area contributed by atoms with Crippen molar-refractivity contribution in [1.29, 1.82) is 0 Å². The molecule has 3 unspecified atom stereocenters. The molecule has 0 aromatic heterocycles. The van der Waals surface area contributed by atoms with E-state index in [-0.39, 0.29) is 5.41 Å². The Bertz CT molecular complexity index is 1840. The summed E-state index contributed by atoms with van der Waals surface area (Å²) >= 11 is 0. The van der Waals surface area contributed by atoms with Crippen LogP contribution in [0, 0.1) is 11.8 Å². The molecular weight excluding hydrogens is 508 g/mol. The van der Waals surface area contributed by atoms with Gasteiger partial charge in [0.05, 0.1) is 0 Å². The number of nitrogen functional groups attached to an aromatic ring is 1. The topological polar surface area (TPSA) is 38.0 Å². The van der Waals surface area contributed by atoms with Gasteiger partial charge in [0.15, 0.2) is 0 Å². The molecule has 0 spiro atoms. The van der Waals surface area contributed by atoms with E-state index in [9.17, 15) is 0 Å². The Morgan fingerprint density at radius 2 is 1.38 bits per heavy atom. The number of nitrogens with two attached hydrogens (primary N) is 1. The SMILES string of the molecule is CC1C=C(NCC2(c3cccc(-c4ccccc4-c4cccc(-c5cccc6ccccc56)c4)c3N)CC2C)C=CC1. The third-order valence-electron chi connectivity index (χ3n) is 9.46. The first-order chi connectivity index (χ1) is 20.5. The number of nitrogens with one attached hydrogen (secondary N) is 1. The third kappa shape index (κ3) is 4.71. The number of para-hydroxylation sites is 1. The minimum absolute atomic E-state index is 0.0543. The Hall–Kier alpha value is -4.56. The number of hydrogen-bond donors (Lipinski definition) is 2. The molecule has 0 heterocycles. The summed E-state index contributed by atoms with van der Waals surface area (Å²) in [5, 5.41) is 6.29. The van der Waals surface area contributed by atoms with E-state index < -0.39 is 0 Å². The summed E-state index contributed by atoms with van der Waals surface area (Å²) in [4.78, 5) is 0. The normalized spacial score (nSPS) is 21.2. The first-order valence-electron chi connectivity index (χ1n) is 15.2. The Morgan fingerprint density at radius 3 is 2.19 bits per heavy atom. The molecule has 0 amide bonds. The fourth-order valence-electron chi connectivity index (χ4n) is 6.96. The van der Waals surface area contributed by atoms with Crippen molar-refractivity contribution in [2.24, 2.45) is 11.8 Å². The molecule has 5 aromatic carbocycles. The van der Waals surface area contributed by atoms with Gasteiger partial charge in [-0.3, -0.25) is 0 Å². The van der Waals surface area contributed by atoms with E-state index in [0.717, 1.165) is 30.6 Å². The number of fused-ring (bicyclic) bond motifs is 1. The highest BCUT2D eigenvalue weighted by molar-refractivity contribution is 5.98. The molecule has 0 radical (unpaired) electrons. The zero-order chi connectivity index (χ0) is 28.7. The van der Waals surface area contributed by atoms with Crippen molar-refractivity contribution in [1.82, 2.24) is 5.32 Å². The van der Waals surface area contributed by atoms with E-state index in [1.54, 1.807) is 0 Å². The van der Waals surface area contributed by atoms with Gasteiger partial charge in [-0.25, -0.2) is 0 Å². The van der Waals surface area contributed by atoms with Crippen LogP contribution in [0.25, 0.3) is 44.2 Å². The summed E-state index contributed by atoms with van der Waals surface area (Å²) < 4.78 is 0. The third-order valence-corrected chi connectivity index (χ3v) is 9.46. The number of anilines is 1. The van der Waals surface area contributed by atoms with Crippen LogP contribution in [0.3, 0.4) is 0 Å². The summed E-state index contributed by atoms with van der Waals surface area (Å²) in [6.45, 7) is 5.53. The van der Waals surface area contributed by atoms with Gasteiger partial charge in [0.1, 0.15) is 0 Å². The van der Waals surface area contributed by atoms with Gasteiger partial charge in [0, 0.05) is 28.9 Å². The lowest BCUT2D eigenvalue weighted by Gasteiger charge is -2.24. The van der Waals surface area contributed by atoms with Crippen molar-refractivity contribution in [2.45, 2.75) is 32.1 Å². The average molecular weight is 547 g/mol. The zero-order valence-corrected chi connectivity index (χ0v) is 24.5. The molecule has 3 N–H and O–H groups in total. The van der Waals surface area contributed by atoms with Gasteiger partial charge in [-0.1, -0.05) is 129 Å². The Labute approximate surface area is 249 Å². The Balaban J connectivity index is 1.26. The van der Waals surface area contributed by atoms with Crippen LogP contribution in [0.15, 0.2) is 133 Å². The molecule has 1 fully saturated rings. The van der Waals surface area contributed by atoms with Crippen molar-refractivity contribution in [2.75, 3.05) is 12.3 Å². The maximum absolute atomic E-state index is 7.11. The fourth-order valence-corrected chi connectivity index (χ4v) is 6.96. The second-order valence-electron chi connectivity index (χ2n) is 12.3. The molecule has 0 bridgehead atoms. The summed E-state index contributed by atoms with van der Waals surface area (Å²) in [5.74, 6) is 1.16. The van der Waals surface area contributed by atoms with Crippen molar-refractivity contribution in [3.63, 3.8) is 0 Å². The summed E-state index contributed by atoms with van der Waals surface area (Å²) in [6, 6.07) is 39.4. The summed E-state index contributed by atoms with van der Waals surface area (Å²) in [7, 11) is 0. The lowest BCUT2D eigenvalue weighted by Crippen LogP contribution is -2.29. The van der Waals surface area contributed by atoms with E-state index in [0.29, 0.717) is 11.8 Å². The molecule has 5 aromatic rings. The monoisotopic (exact) mass is 546 g/mol. The quantitative estimate of drug-likeness (QED) is 0.199. The van der Waals surface area contributed by atoms with Crippen molar-refractivity contribution < 1.29 is 0 Å². The molecule has 2 aliphatic rings. The molecule has 0 saturated heterocycles. The standard InChI is InChI=1S/C40H38N2/c1-27-11-7-16-32(23-27)42-26-40(25-28(40)2)38-22-10-21-37(39(38)41)36-19-6-5-18-35(36)31-15-8-14-30(24-31)34-20-9-13-29-12-3-4-17-33(29)34/h3-10,12-24,27-28,42H,11,25-26,41H2,1-2H3. The second-order valence-corrected chi connectivity index (χ2v) is 12.3. The minimum Gasteiger partial charge on any atom is -0.398 e. The van der Waals surface area contributed by atoms with Crippen LogP contribution in [0.4, 0.5) is 5.69 Å². The largest absolute Gasteiger partial charge is 0.398 e. The van der Waals surface area contributed by atoms with Gasteiger partial charge in [0.2, 0.25) is 0 Å². The van der Waals surface area contributed by atoms with Gasteiger partial charge in [-0.2, -0.15) is 0 Å². The molecule has 2 aliphatic carbocycles. The molecule has 208 valence electrons. The molecule has 2 heteroatoms. The van der Waals surface area contributed by atoms with E-state index in [1.165, 1.54) is 49.9 Å². The zero-order valence-electron chi connectivity index (χ0n) is 24.5. The summed E-state index contributed by atoms with van der Waals surface area (Å²) in [5.41, 5.74) is 17.7. The van der Waals surface area contributed by atoms with Crippen LogP contribution < -0.4 is 11.1 Å². The van der Waals surface area contributed by atoms with Gasteiger partial charge in [-0.15, -0.1) is 0 Å². The Kier molecular flexibility index (Phi) is 6.70. The number of rotatable bonds is 7. The maximum Gasteiger partial charge on any atom is 0.0433 e. The molecule has 1 saturated carbocycles. The molecule has 3 atom stereocenters. The van der Waals surface area contributed by atoms with Gasteiger partial charge in [-0.05, 0) is 81.0 Å². The number of benzene rings is 5. The van der Waals surface area contributed by atoms with E-state index >= 15 is 0 Å². The van der Waals surface area contributed by atoms with Crippen LogP contribution in [-0.4, -0.2) is 6.54 Å². The second kappa shape index (κ2) is 10.7. The van der Waals surface area contributed by atoms with Gasteiger partial charge >= 0.3 is 0 Å². The first-order valence-corrected chi connectivity index (χ1v) is 15.2. The molecule has 0 aliphatic heterocycles.